The fourth-order valence-corrected chi connectivity index (χ4v) is 2.78. The summed E-state index contributed by atoms with van der Waals surface area (Å²) in [7, 11) is 0. The zero-order valence-corrected chi connectivity index (χ0v) is 13.5. The van der Waals surface area contributed by atoms with Crippen LogP contribution in [-0.4, -0.2) is 0 Å². The molecule has 2 rings (SSSR count). The normalized spacial score (nSPS) is 12.5. The van der Waals surface area contributed by atoms with Gasteiger partial charge in [-0.2, -0.15) is 0 Å². The van der Waals surface area contributed by atoms with Crippen molar-refractivity contribution in [1.82, 2.24) is 0 Å². The molecule has 106 valence electrons. The maximum atomic E-state index is 13.6. The van der Waals surface area contributed by atoms with E-state index < -0.39 is 0 Å². The van der Waals surface area contributed by atoms with Gasteiger partial charge in [-0.3, -0.25) is 0 Å². The molecule has 0 saturated heterocycles. The molecule has 20 heavy (non-hydrogen) atoms. The molecule has 0 bridgehead atoms. The lowest BCUT2D eigenvalue weighted by Gasteiger charge is -2.13. The highest BCUT2D eigenvalue weighted by atomic mass is 35.5. The predicted octanol–water partition coefficient (Wildman–Crippen LogP) is 6.27. The largest absolute Gasteiger partial charge is 0.206 e. The molecule has 0 aliphatic carbocycles. The number of halogens is 4. The van der Waals surface area contributed by atoms with Gasteiger partial charge in [-0.05, 0) is 54.7 Å². The molecule has 0 nitrogen and oxygen atoms in total. The van der Waals surface area contributed by atoms with Gasteiger partial charge >= 0.3 is 0 Å². The van der Waals surface area contributed by atoms with Gasteiger partial charge in [0.2, 0.25) is 0 Å². The highest BCUT2D eigenvalue weighted by Crippen LogP contribution is 2.30. The average Bonchev–Trinajstić information content (AvgIpc) is 2.39. The highest BCUT2D eigenvalue weighted by molar-refractivity contribution is 6.42. The molecule has 0 aliphatic heterocycles. The second-order valence-electron chi connectivity index (χ2n) is 4.89. The van der Waals surface area contributed by atoms with E-state index in [2.05, 4.69) is 0 Å². The van der Waals surface area contributed by atoms with Crippen LogP contribution in [0.4, 0.5) is 4.39 Å². The smallest absolute Gasteiger partial charge is 0.129 e. The van der Waals surface area contributed by atoms with Gasteiger partial charge in [0.25, 0.3) is 0 Å². The summed E-state index contributed by atoms with van der Waals surface area (Å²) >= 11 is 18.3. The van der Waals surface area contributed by atoms with Crippen LogP contribution in [0.1, 0.15) is 27.6 Å². The summed E-state index contributed by atoms with van der Waals surface area (Å²) < 4.78 is 13.6. The van der Waals surface area contributed by atoms with Gasteiger partial charge in [-0.1, -0.05) is 41.4 Å². The highest BCUT2D eigenvalue weighted by Gasteiger charge is 2.13. The lowest BCUT2D eigenvalue weighted by atomic mass is 10.00. The van der Waals surface area contributed by atoms with Gasteiger partial charge < -0.3 is 0 Å². The molecule has 0 fully saturated rings. The molecule has 0 spiro atoms. The second kappa shape index (κ2) is 6.34. The van der Waals surface area contributed by atoms with E-state index in [9.17, 15) is 4.39 Å². The van der Waals surface area contributed by atoms with Gasteiger partial charge in [0.05, 0.1) is 15.4 Å². The lowest BCUT2D eigenvalue weighted by molar-refractivity contribution is 0.608. The first-order chi connectivity index (χ1) is 9.38. The second-order valence-corrected chi connectivity index (χ2v) is 6.23. The van der Waals surface area contributed by atoms with Crippen molar-refractivity contribution in [2.24, 2.45) is 0 Å². The summed E-state index contributed by atoms with van der Waals surface area (Å²) in [5.74, 6) is -0.174. The molecule has 0 radical (unpaired) electrons. The van der Waals surface area contributed by atoms with E-state index >= 15 is 0 Å². The Morgan fingerprint density at radius 3 is 2.15 bits per heavy atom. The van der Waals surface area contributed by atoms with Crippen LogP contribution in [0, 0.1) is 19.7 Å². The van der Waals surface area contributed by atoms with Gasteiger partial charge in [0.1, 0.15) is 5.82 Å². The Balaban J connectivity index is 2.23. The Hall–Kier alpha value is -0.760. The molecule has 0 heterocycles. The van der Waals surface area contributed by atoms with Crippen molar-refractivity contribution >= 4 is 34.8 Å². The van der Waals surface area contributed by atoms with Crippen LogP contribution >= 0.6 is 34.8 Å². The molecule has 0 saturated carbocycles. The molecular formula is C16H14Cl3F. The van der Waals surface area contributed by atoms with Crippen molar-refractivity contribution in [3.8, 4) is 0 Å². The van der Waals surface area contributed by atoms with Crippen LogP contribution in [-0.2, 0) is 6.42 Å². The maximum absolute atomic E-state index is 13.6. The van der Waals surface area contributed by atoms with Crippen molar-refractivity contribution in [2.45, 2.75) is 25.6 Å². The minimum absolute atomic E-state index is 0.174. The first kappa shape index (κ1) is 15.6. The molecule has 1 unspecified atom stereocenters. The van der Waals surface area contributed by atoms with Gasteiger partial charge in [-0.25, -0.2) is 4.39 Å². The number of aryl methyl sites for hydroxylation is 2. The zero-order chi connectivity index (χ0) is 14.9. The van der Waals surface area contributed by atoms with Gasteiger partial charge in [0.15, 0.2) is 0 Å². The van der Waals surface area contributed by atoms with Gasteiger partial charge in [-0.15, -0.1) is 11.6 Å². The van der Waals surface area contributed by atoms with Crippen LogP contribution < -0.4 is 0 Å². The van der Waals surface area contributed by atoms with E-state index in [1.165, 1.54) is 0 Å². The minimum atomic E-state index is -0.231. The van der Waals surface area contributed by atoms with Crippen LogP contribution in [0.5, 0.6) is 0 Å². The van der Waals surface area contributed by atoms with E-state index in [1.807, 2.05) is 12.1 Å². The Bertz CT molecular complexity index is 615. The summed E-state index contributed by atoms with van der Waals surface area (Å²) in [6.07, 6.45) is 0.614. The first-order valence-corrected chi connectivity index (χ1v) is 7.42. The number of hydrogen-bond acceptors (Lipinski definition) is 0. The molecule has 0 amide bonds. The maximum Gasteiger partial charge on any atom is 0.129 e. The number of alkyl halides is 1. The molecule has 1 atom stereocenters. The third-order valence-electron chi connectivity index (χ3n) is 3.22. The van der Waals surface area contributed by atoms with Crippen LogP contribution in [0.25, 0.3) is 0 Å². The van der Waals surface area contributed by atoms with E-state index in [0.717, 1.165) is 11.1 Å². The third kappa shape index (κ3) is 3.46. The lowest BCUT2D eigenvalue weighted by Crippen LogP contribution is -1.99. The number of hydrogen-bond donors (Lipinski definition) is 0. The van der Waals surface area contributed by atoms with Crippen molar-refractivity contribution in [3.05, 3.63) is 68.4 Å². The zero-order valence-electron chi connectivity index (χ0n) is 11.2. The minimum Gasteiger partial charge on any atom is -0.206 e. The number of benzene rings is 2. The van der Waals surface area contributed by atoms with Crippen molar-refractivity contribution in [3.63, 3.8) is 0 Å². The van der Waals surface area contributed by atoms with E-state index in [4.69, 9.17) is 34.8 Å². The first-order valence-electron chi connectivity index (χ1n) is 6.23. The van der Waals surface area contributed by atoms with Crippen LogP contribution in [0.3, 0.4) is 0 Å². The molecule has 2 aromatic carbocycles. The SMILES string of the molecule is Cc1cc(C(Cl)Cc2ccc(Cl)c(Cl)c2)cc(C)c1F. The average molecular weight is 332 g/mol. The van der Waals surface area contributed by atoms with Gasteiger partial charge in [0, 0.05) is 0 Å². The fraction of sp³-hybridized carbons (Fsp3) is 0.250. The molecular weight excluding hydrogens is 318 g/mol. The standard InChI is InChI=1S/C16H14Cl3F/c1-9-5-12(6-10(2)16(9)20)14(18)7-11-3-4-13(17)15(19)8-11/h3-6,8,14H,7H2,1-2H3. The Morgan fingerprint density at radius 1 is 1.00 bits per heavy atom. The summed E-state index contributed by atoms with van der Waals surface area (Å²) in [4.78, 5) is 0. The van der Waals surface area contributed by atoms with Crippen molar-refractivity contribution < 1.29 is 4.39 Å². The summed E-state index contributed by atoms with van der Waals surface area (Å²) in [5.41, 5.74) is 3.13. The van der Waals surface area contributed by atoms with Crippen LogP contribution in [0.15, 0.2) is 30.3 Å². The van der Waals surface area contributed by atoms with E-state index in [1.54, 1.807) is 32.0 Å². The Morgan fingerprint density at radius 2 is 1.60 bits per heavy atom. The van der Waals surface area contributed by atoms with Crippen molar-refractivity contribution in [1.29, 1.82) is 0 Å². The summed E-state index contributed by atoms with van der Waals surface area (Å²) in [5, 5.41) is 0.805. The monoisotopic (exact) mass is 330 g/mol. The molecule has 0 aromatic heterocycles. The molecule has 4 heteroatoms. The molecule has 0 aliphatic rings. The van der Waals surface area contributed by atoms with Crippen LogP contribution in [0.2, 0.25) is 10.0 Å². The van der Waals surface area contributed by atoms with E-state index in [0.29, 0.717) is 27.6 Å². The number of rotatable bonds is 3. The topological polar surface area (TPSA) is 0 Å². The summed E-state index contributed by atoms with van der Waals surface area (Å²) in [6, 6.07) is 9.04. The molecule has 2 aromatic rings. The fourth-order valence-electron chi connectivity index (χ4n) is 2.15. The molecule has 0 N–H and O–H groups in total. The quantitative estimate of drug-likeness (QED) is 0.581. The summed E-state index contributed by atoms with van der Waals surface area (Å²) in [6.45, 7) is 3.49. The van der Waals surface area contributed by atoms with E-state index in [-0.39, 0.29) is 11.2 Å². The Kier molecular flexibility index (Phi) is 4.95. The predicted molar refractivity (Wildman–Crippen MR) is 84.6 cm³/mol. The van der Waals surface area contributed by atoms with Crippen molar-refractivity contribution in [2.75, 3.05) is 0 Å². The third-order valence-corrected chi connectivity index (χ3v) is 4.36. The Labute approximate surface area is 133 Å².